The predicted molar refractivity (Wildman–Crippen MR) is 111 cm³/mol. The van der Waals surface area contributed by atoms with Crippen LogP contribution in [0.2, 0.25) is 0 Å². The molecular weight excluding hydrogens is 448 g/mol. The Morgan fingerprint density at radius 3 is 2.54 bits per heavy atom. The molecule has 1 atom stereocenters. The van der Waals surface area contributed by atoms with Crippen molar-refractivity contribution < 1.29 is 23.9 Å². The quantitative estimate of drug-likeness (QED) is 0.489. The van der Waals surface area contributed by atoms with Crippen LogP contribution in [0, 0.1) is 0 Å². The molecule has 2 amide bonds. The summed E-state index contributed by atoms with van der Waals surface area (Å²) in [7, 11) is 0. The first-order chi connectivity index (χ1) is 13.4. The van der Waals surface area contributed by atoms with Gasteiger partial charge >= 0.3 is 5.97 Å². The third kappa shape index (κ3) is 6.58. The van der Waals surface area contributed by atoms with Gasteiger partial charge in [-0.2, -0.15) is 11.8 Å². The van der Waals surface area contributed by atoms with Crippen LogP contribution in [0.25, 0.3) is 6.08 Å². The maximum absolute atomic E-state index is 12.7. The standard InChI is InChI=1S/C19H19BrN2O5S/c1-28-10-8-15(19(25)26)21-18(24)16(11-14-3-2-9-27-14)22-17(23)12-4-6-13(20)7-5-12/h2-7,9,11,15H,8,10H2,1H3,(H,21,24)(H,22,23)(H,25,26)/b16-11+/t15-/m0/s1. The van der Waals surface area contributed by atoms with Crippen molar-refractivity contribution in [1.29, 1.82) is 0 Å². The van der Waals surface area contributed by atoms with E-state index in [2.05, 4.69) is 26.6 Å². The van der Waals surface area contributed by atoms with E-state index in [1.165, 1.54) is 24.1 Å². The zero-order valence-electron chi connectivity index (χ0n) is 15.0. The minimum Gasteiger partial charge on any atom is -0.480 e. The SMILES string of the molecule is CSCC[C@H](NC(=O)/C(=C\c1ccco1)NC(=O)c1ccc(Br)cc1)C(=O)O. The van der Waals surface area contributed by atoms with Crippen molar-refractivity contribution in [2.75, 3.05) is 12.0 Å². The van der Waals surface area contributed by atoms with Crippen molar-refractivity contribution in [3.63, 3.8) is 0 Å². The Bertz CT molecular complexity index is 850. The lowest BCUT2D eigenvalue weighted by Crippen LogP contribution is -2.44. The summed E-state index contributed by atoms with van der Waals surface area (Å²) in [5, 5.41) is 14.3. The molecule has 0 saturated carbocycles. The number of carboxylic acids is 1. The highest BCUT2D eigenvalue weighted by Gasteiger charge is 2.23. The smallest absolute Gasteiger partial charge is 0.326 e. The lowest BCUT2D eigenvalue weighted by Gasteiger charge is -2.16. The number of halogens is 1. The van der Waals surface area contributed by atoms with E-state index in [1.807, 2.05) is 6.26 Å². The number of carbonyl (C=O) groups is 3. The van der Waals surface area contributed by atoms with Gasteiger partial charge in [-0.25, -0.2) is 4.79 Å². The lowest BCUT2D eigenvalue weighted by molar-refractivity contribution is -0.141. The number of carboxylic acid groups (broad SMARTS) is 1. The molecule has 0 aliphatic heterocycles. The number of benzene rings is 1. The average molecular weight is 467 g/mol. The third-order valence-electron chi connectivity index (χ3n) is 3.64. The van der Waals surface area contributed by atoms with E-state index in [-0.39, 0.29) is 12.1 Å². The van der Waals surface area contributed by atoms with Crippen molar-refractivity contribution in [2.45, 2.75) is 12.5 Å². The van der Waals surface area contributed by atoms with Gasteiger partial charge in [0, 0.05) is 16.1 Å². The molecule has 0 aliphatic carbocycles. The molecule has 0 aliphatic rings. The molecule has 2 aromatic rings. The molecular formula is C19H19BrN2O5S. The molecule has 148 valence electrons. The molecule has 1 aromatic carbocycles. The van der Waals surface area contributed by atoms with Crippen LogP contribution in [0.15, 0.2) is 57.2 Å². The Balaban J connectivity index is 2.21. The highest BCUT2D eigenvalue weighted by molar-refractivity contribution is 9.10. The summed E-state index contributed by atoms with van der Waals surface area (Å²) >= 11 is 4.77. The molecule has 0 radical (unpaired) electrons. The first kappa shape index (κ1) is 21.8. The summed E-state index contributed by atoms with van der Waals surface area (Å²) in [5.74, 6) is -1.44. The maximum Gasteiger partial charge on any atom is 0.326 e. The summed E-state index contributed by atoms with van der Waals surface area (Å²) in [4.78, 5) is 36.6. The Labute approximate surface area is 174 Å². The van der Waals surface area contributed by atoms with Crippen LogP contribution in [-0.2, 0) is 9.59 Å². The van der Waals surface area contributed by atoms with Crippen molar-refractivity contribution >= 4 is 51.6 Å². The van der Waals surface area contributed by atoms with Gasteiger partial charge < -0.3 is 20.2 Å². The second-order valence-corrected chi connectivity index (χ2v) is 7.58. The Morgan fingerprint density at radius 2 is 1.96 bits per heavy atom. The number of carbonyl (C=O) groups excluding carboxylic acids is 2. The summed E-state index contributed by atoms with van der Waals surface area (Å²) in [6.07, 6.45) is 4.88. The minimum absolute atomic E-state index is 0.113. The van der Waals surface area contributed by atoms with E-state index >= 15 is 0 Å². The number of thioether (sulfide) groups is 1. The molecule has 3 N–H and O–H groups in total. The van der Waals surface area contributed by atoms with Gasteiger partial charge in [-0.1, -0.05) is 15.9 Å². The first-order valence-corrected chi connectivity index (χ1v) is 10.4. The molecule has 0 spiro atoms. The van der Waals surface area contributed by atoms with E-state index in [1.54, 1.807) is 36.4 Å². The molecule has 0 unspecified atom stereocenters. The van der Waals surface area contributed by atoms with E-state index in [4.69, 9.17) is 4.42 Å². The number of furan rings is 1. The van der Waals surface area contributed by atoms with Gasteiger partial charge in [-0.3, -0.25) is 9.59 Å². The van der Waals surface area contributed by atoms with Crippen LogP contribution in [0.1, 0.15) is 22.5 Å². The van der Waals surface area contributed by atoms with Gasteiger partial charge in [0.25, 0.3) is 11.8 Å². The summed E-state index contributed by atoms with van der Waals surface area (Å²) in [5.41, 5.74) is 0.233. The summed E-state index contributed by atoms with van der Waals surface area (Å²) in [6.45, 7) is 0. The highest BCUT2D eigenvalue weighted by Crippen LogP contribution is 2.12. The third-order valence-corrected chi connectivity index (χ3v) is 4.82. The summed E-state index contributed by atoms with van der Waals surface area (Å²) < 4.78 is 6.01. The van der Waals surface area contributed by atoms with Gasteiger partial charge in [0.05, 0.1) is 6.26 Å². The van der Waals surface area contributed by atoms with E-state index in [0.29, 0.717) is 17.1 Å². The molecule has 2 rings (SSSR count). The molecule has 28 heavy (non-hydrogen) atoms. The second-order valence-electron chi connectivity index (χ2n) is 5.68. The van der Waals surface area contributed by atoms with Gasteiger partial charge in [0.2, 0.25) is 0 Å². The van der Waals surface area contributed by atoms with Gasteiger partial charge in [0.15, 0.2) is 0 Å². The number of rotatable bonds is 9. The fourth-order valence-corrected chi connectivity index (χ4v) is 2.93. The number of hydrogen-bond donors (Lipinski definition) is 3. The largest absolute Gasteiger partial charge is 0.480 e. The molecule has 0 bridgehead atoms. The highest BCUT2D eigenvalue weighted by atomic mass is 79.9. The van der Waals surface area contributed by atoms with Gasteiger partial charge in [0.1, 0.15) is 17.5 Å². The van der Waals surface area contributed by atoms with Crippen LogP contribution in [-0.4, -0.2) is 40.9 Å². The van der Waals surface area contributed by atoms with Crippen molar-refractivity contribution in [3.8, 4) is 0 Å². The number of amides is 2. The van der Waals surface area contributed by atoms with Crippen molar-refractivity contribution in [1.82, 2.24) is 10.6 Å². The van der Waals surface area contributed by atoms with E-state index in [0.717, 1.165) is 4.47 Å². The van der Waals surface area contributed by atoms with Gasteiger partial charge in [-0.15, -0.1) is 0 Å². The molecule has 7 nitrogen and oxygen atoms in total. The van der Waals surface area contributed by atoms with Crippen LogP contribution < -0.4 is 10.6 Å². The molecule has 0 saturated heterocycles. The monoisotopic (exact) mass is 466 g/mol. The summed E-state index contributed by atoms with van der Waals surface area (Å²) in [6, 6.07) is 8.78. The lowest BCUT2D eigenvalue weighted by atomic mass is 10.2. The van der Waals surface area contributed by atoms with E-state index < -0.39 is 23.8 Å². The Kier molecular flexibility index (Phi) is 8.34. The average Bonchev–Trinajstić information content (AvgIpc) is 3.17. The number of nitrogens with one attached hydrogen (secondary N) is 2. The molecule has 0 fully saturated rings. The normalized spacial score (nSPS) is 12.3. The van der Waals surface area contributed by atoms with Crippen LogP contribution in [0.4, 0.5) is 0 Å². The fraction of sp³-hybridized carbons (Fsp3) is 0.211. The minimum atomic E-state index is -1.14. The second kappa shape index (κ2) is 10.7. The zero-order chi connectivity index (χ0) is 20.5. The van der Waals surface area contributed by atoms with Crippen molar-refractivity contribution in [3.05, 3.63) is 64.2 Å². The van der Waals surface area contributed by atoms with Crippen LogP contribution in [0.3, 0.4) is 0 Å². The number of aliphatic carboxylic acids is 1. The topological polar surface area (TPSA) is 109 Å². The van der Waals surface area contributed by atoms with Gasteiger partial charge in [-0.05, 0) is 54.8 Å². The first-order valence-electron chi connectivity index (χ1n) is 8.25. The van der Waals surface area contributed by atoms with E-state index in [9.17, 15) is 19.5 Å². The molecule has 1 heterocycles. The zero-order valence-corrected chi connectivity index (χ0v) is 17.4. The molecule has 1 aromatic heterocycles. The Morgan fingerprint density at radius 1 is 1.25 bits per heavy atom. The number of hydrogen-bond acceptors (Lipinski definition) is 5. The van der Waals surface area contributed by atoms with Crippen LogP contribution >= 0.6 is 27.7 Å². The van der Waals surface area contributed by atoms with Crippen molar-refractivity contribution in [2.24, 2.45) is 0 Å². The molecule has 9 heteroatoms. The Hall–Kier alpha value is -2.52. The van der Waals surface area contributed by atoms with Crippen LogP contribution in [0.5, 0.6) is 0 Å². The maximum atomic E-state index is 12.7. The fourth-order valence-electron chi connectivity index (χ4n) is 2.20. The predicted octanol–water partition coefficient (Wildman–Crippen LogP) is 3.14.